The molecule has 6 nitrogen and oxygen atoms in total. The average Bonchev–Trinajstić information content (AvgIpc) is 2.86. The molecule has 36 heavy (non-hydrogen) atoms. The van der Waals surface area contributed by atoms with Crippen LogP contribution in [0.1, 0.15) is 66.2 Å². The molecule has 0 radical (unpaired) electrons. The van der Waals surface area contributed by atoms with Gasteiger partial charge in [-0.05, 0) is 76.0 Å². The highest BCUT2D eigenvalue weighted by Gasteiger charge is 2.27. The highest BCUT2D eigenvalue weighted by atomic mass is 31.2. The van der Waals surface area contributed by atoms with Crippen molar-refractivity contribution < 1.29 is 9.30 Å². The fraction of sp³-hybridized carbons (Fsp3) is 0.448. The minimum Gasteiger partial charge on any atom is -0.466 e. The van der Waals surface area contributed by atoms with Crippen molar-refractivity contribution >= 4 is 18.7 Å². The third-order valence-corrected chi connectivity index (χ3v) is 9.01. The molecule has 2 aliphatic rings. The van der Waals surface area contributed by atoms with Gasteiger partial charge in [0.2, 0.25) is 5.88 Å². The monoisotopic (exact) mass is 506 g/mol. The van der Waals surface area contributed by atoms with Gasteiger partial charge in [-0.3, -0.25) is 5.50 Å². The lowest BCUT2D eigenvalue weighted by Gasteiger charge is -2.26. The molecule has 0 bridgehead atoms. The van der Waals surface area contributed by atoms with E-state index >= 15 is 0 Å². The highest BCUT2D eigenvalue weighted by molar-refractivity contribution is 7.65. The zero-order valence-electron chi connectivity index (χ0n) is 22.0. The van der Waals surface area contributed by atoms with E-state index in [4.69, 9.17) is 15.2 Å². The maximum atomic E-state index is 13.3. The van der Waals surface area contributed by atoms with Crippen LogP contribution in [0.15, 0.2) is 82.2 Å². The molecule has 0 amide bonds. The Morgan fingerprint density at radius 2 is 2.06 bits per heavy atom. The zero-order chi connectivity index (χ0) is 26.0. The number of hydrogen-bond donors (Lipinski definition) is 1. The van der Waals surface area contributed by atoms with Gasteiger partial charge in [0.25, 0.3) is 0 Å². The van der Waals surface area contributed by atoms with Crippen molar-refractivity contribution in [3.8, 4) is 5.88 Å². The standard InChI is InChI=1S/C29H39N4O2P/c1-5-8-9-14-26(7-3)36(30,34)20-24-17-15-23(16-18-24)12-10-13-25(11-6-2)28-22(4)35-29-27(33-28)19-31-21-32-29/h6,8-11,13-14,19,21-22,24H,5,7,15-18,20H2,1-4H3,(H2,30,34)/b9-8-,11-6-,25-13+,26-14+. The van der Waals surface area contributed by atoms with Gasteiger partial charge >= 0.3 is 0 Å². The van der Waals surface area contributed by atoms with Gasteiger partial charge < -0.3 is 9.30 Å². The first kappa shape index (κ1) is 27.8. The molecule has 3 rings (SSSR count). The SMILES string of the molecule is C/C=C\C(=C/C=C=C1CCC(CP(N)(=O)/C(=C/C=C\CC)CC)CC1)C1=Nc2cncnc2OC1C. The fourth-order valence-corrected chi connectivity index (χ4v) is 6.80. The smallest absolute Gasteiger partial charge is 0.243 e. The molecular weight excluding hydrogens is 467 g/mol. The van der Waals surface area contributed by atoms with Crippen LogP contribution in [0.5, 0.6) is 5.88 Å². The van der Waals surface area contributed by atoms with Crippen LogP contribution in [0.25, 0.3) is 0 Å². The summed E-state index contributed by atoms with van der Waals surface area (Å²) >= 11 is 0. The molecule has 2 N–H and O–H groups in total. The predicted molar refractivity (Wildman–Crippen MR) is 150 cm³/mol. The highest BCUT2D eigenvalue weighted by Crippen LogP contribution is 2.51. The first-order valence-electron chi connectivity index (χ1n) is 12.9. The molecule has 1 aliphatic heterocycles. The van der Waals surface area contributed by atoms with E-state index in [0.29, 0.717) is 23.6 Å². The van der Waals surface area contributed by atoms with Crippen LogP contribution in [-0.2, 0) is 4.57 Å². The molecule has 1 saturated carbocycles. The molecule has 0 aromatic carbocycles. The number of rotatable bonds is 9. The second-order valence-electron chi connectivity index (χ2n) is 9.28. The normalized spacial score (nSPS) is 22.6. The van der Waals surface area contributed by atoms with Gasteiger partial charge in [-0.15, -0.1) is 5.73 Å². The fourth-order valence-electron chi connectivity index (χ4n) is 4.56. The van der Waals surface area contributed by atoms with Gasteiger partial charge in [0.15, 0.2) is 7.29 Å². The van der Waals surface area contributed by atoms with Crippen LogP contribution in [-0.4, -0.2) is 27.9 Å². The van der Waals surface area contributed by atoms with E-state index in [1.54, 1.807) is 6.20 Å². The van der Waals surface area contributed by atoms with Crippen LogP contribution < -0.4 is 10.2 Å². The largest absolute Gasteiger partial charge is 0.466 e. The van der Waals surface area contributed by atoms with Crippen molar-refractivity contribution in [2.75, 3.05) is 6.16 Å². The van der Waals surface area contributed by atoms with Crippen LogP contribution in [0.3, 0.4) is 0 Å². The summed E-state index contributed by atoms with van der Waals surface area (Å²) in [5.41, 5.74) is 13.6. The Kier molecular flexibility index (Phi) is 10.4. The van der Waals surface area contributed by atoms with Crippen LogP contribution in [0.4, 0.5) is 5.69 Å². The molecular formula is C29H39N4O2P. The quantitative estimate of drug-likeness (QED) is 0.211. The molecule has 0 spiro atoms. The second-order valence-corrected chi connectivity index (χ2v) is 11.8. The summed E-state index contributed by atoms with van der Waals surface area (Å²) in [4.78, 5) is 13.0. The maximum absolute atomic E-state index is 13.3. The van der Waals surface area contributed by atoms with Gasteiger partial charge in [0, 0.05) is 17.0 Å². The van der Waals surface area contributed by atoms with E-state index in [9.17, 15) is 4.57 Å². The number of nitrogens with two attached hydrogens (primary N) is 1. The van der Waals surface area contributed by atoms with Crippen molar-refractivity contribution in [2.24, 2.45) is 16.4 Å². The van der Waals surface area contributed by atoms with Crippen molar-refractivity contribution in [3.63, 3.8) is 0 Å². The molecule has 2 atom stereocenters. The maximum Gasteiger partial charge on any atom is 0.243 e. The Labute approximate surface area is 216 Å². The lowest BCUT2D eigenvalue weighted by molar-refractivity contribution is 0.271. The Balaban J connectivity index is 1.68. The van der Waals surface area contributed by atoms with Crippen LogP contribution in [0, 0.1) is 5.92 Å². The number of aliphatic imine (C=N–C) groups is 1. The van der Waals surface area contributed by atoms with Crippen molar-refractivity contribution in [3.05, 3.63) is 77.2 Å². The molecule has 1 aromatic rings. The Hall–Kier alpha value is -2.78. The minimum atomic E-state index is -2.80. The molecule has 2 unspecified atom stereocenters. The van der Waals surface area contributed by atoms with E-state index in [2.05, 4.69) is 28.7 Å². The van der Waals surface area contributed by atoms with Crippen LogP contribution >= 0.6 is 7.29 Å². The van der Waals surface area contributed by atoms with E-state index in [-0.39, 0.29) is 6.10 Å². The first-order valence-corrected chi connectivity index (χ1v) is 14.9. The number of aromatic nitrogens is 2. The summed E-state index contributed by atoms with van der Waals surface area (Å²) in [5, 5.41) is 0.896. The number of allylic oxidation sites excluding steroid dienone is 8. The Morgan fingerprint density at radius 1 is 1.28 bits per heavy atom. The van der Waals surface area contributed by atoms with Crippen molar-refractivity contribution in [1.29, 1.82) is 0 Å². The minimum absolute atomic E-state index is 0.210. The summed E-state index contributed by atoms with van der Waals surface area (Å²) in [7, 11) is -2.80. The van der Waals surface area contributed by atoms with Gasteiger partial charge in [0.05, 0.1) is 11.9 Å². The van der Waals surface area contributed by atoms with Gasteiger partial charge in [-0.2, -0.15) is 4.98 Å². The molecule has 1 fully saturated rings. The third-order valence-electron chi connectivity index (χ3n) is 6.51. The van der Waals surface area contributed by atoms with Crippen LogP contribution in [0.2, 0.25) is 0 Å². The summed E-state index contributed by atoms with van der Waals surface area (Å²) in [6.45, 7) is 8.08. The topological polar surface area (TPSA) is 90.5 Å². The summed E-state index contributed by atoms with van der Waals surface area (Å²) in [5.74, 6) is 0.902. The molecule has 0 saturated heterocycles. The molecule has 192 valence electrons. The number of fused-ring (bicyclic) bond motifs is 1. The van der Waals surface area contributed by atoms with Crippen molar-refractivity contribution in [1.82, 2.24) is 9.97 Å². The Morgan fingerprint density at radius 3 is 2.75 bits per heavy atom. The van der Waals surface area contributed by atoms with Gasteiger partial charge in [-0.1, -0.05) is 44.2 Å². The van der Waals surface area contributed by atoms with Gasteiger partial charge in [-0.25, -0.2) is 9.98 Å². The summed E-state index contributed by atoms with van der Waals surface area (Å²) in [6, 6.07) is 0. The zero-order valence-corrected chi connectivity index (χ0v) is 22.9. The van der Waals surface area contributed by atoms with E-state index in [0.717, 1.165) is 55.1 Å². The van der Waals surface area contributed by atoms with E-state index in [1.807, 2.05) is 57.2 Å². The molecule has 2 heterocycles. The number of hydrogen-bond acceptors (Lipinski definition) is 5. The third kappa shape index (κ3) is 7.61. The lowest BCUT2D eigenvalue weighted by Crippen LogP contribution is -2.28. The second kappa shape index (κ2) is 13.5. The number of ether oxygens (including phenoxy) is 1. The number of nitrogens with zero attached hydrogens (tertiary/aromatic N) is 3. The van der Waals surface area contributed by atoms with Gasteiger partial charge in [0.1, 0.15) is 18.1 Å². The van der Waals surface area contributed by atoms with E-state index < -0.39 is 7.29 Å². The molecule has 7 heteroatoms. The lowest BCUT2D eigenvalue weighted by atomic mass is 9.87. The van der Waals surface area contributed by atoms with Crippen molar-refractivity contribution in [2.45, 2.75) is 72.3 Å². The summed E-state index contributed by atoms with van der Waals surface area (Å²) in [6.07, 6.45) is 23.2. The summed E-state index contributed by atoms with van der Waals surface area (Å²) < 4.78 is 19.2. The predicted octanol–water partition coefficient (Wildman–Crippen LogP) is 7.60. The average molecular weight is 507 g/mol. The molecule has 1 aromatic heterocycles. The molecule has 1 aliphatic carbocycles. The van der Waals surface area contributed by atoms with E-state index in [1.165, 1.54) is 11.9 Å². The first-order chi connectivity index (χ1) is 17.4. The Bertz CT molecular complexity index is 1180.